The number of carbonyl (C=O) groups is 1. The van der Waals surface area contributed by atoms with Crippen LogP contribution in [0.2, 0.25) is 5.02 Å². The molecule has 1 amide bonds. The Bertz CT molecular complexity index is 796. The maximum atomic E-state index is 12.1. The smallest absolute Gasteiger partial charge is 0.230 e. The van der Waals surface area contributed by atoms with Crippen molar-refractivity contribution in [3.63, 3.8) is 0 Å². The van der Waals surface area contributed by atoms with E-state index in [1.165, 1.54) is 11.3 Å². The molecule has 0 atom stereocenters. The van der Waals surface area contributed by atoms with Crippen LogP contribution in [0.3, 0.4) is 0 Å². The van der Waals surface area contributed by atoms with Crippen LogP contribution in [0.1, 0.15) is 11.3 Å². The summed E-state index contributed by atoms with van der Waals surface area (Å²) in [5.41, 5.74) is 2.35. The van der Waals surface area contributed by atoms with Crippen molar-refractivity contribution in [2.24, 2.45) is 0 Å². The zero-order valence-corrected chi connectivity index (χ0v) is 13.5. The Morgan fingerprint density at radius 3 is 2.86 bits per heavy atom. The molecule has 112 valence electrons. The third kappa shape index (κ3) is 3.21. The maximum absolute atomic E-state index is 12.1. The summed E-state index contributed by atoms with van der Waals surface area (Å²) in [6.07, 6.45) is 4.10. The number of carbonyl (C=O) groups excluding carboxylic acids is 1. The summed E-state index contributed by atoms with van der Waals surface area (Å²) < 4.78 is 1.92. The minimum absolute atomic E-state index is 0.102. The number of halogens is 1. The van der Waals surface area contributed by atoms with Gasteiger partial charge in [0.2, 0.25) is 5.91 Å². The highest BCUT2D eigenvalue weighted by Crippen LogP contribution is 2.23. The molecule has 6 heteroatoms. The van der Waals surface area contributed by atoms with Crippen LogP contribution in [0.4, 0.5) is 5.69 Å². The van der Waals surface area contributed by atoms with Crippen LogP contribution in [0.25, 0.3) is 5.13 Å². The van der Waals surface area contributed by atoms with Gasteiger partial charge < -0.3 is 9.88 Å². The lowest BCUT2D eigenvalue weighted by atomic mass is 10.2. The Morgan fingerprint density at radius 2 is 2.09 bits per heavy atom. The third-order valence-electron chi connectivity index (χ3n) is 3.25. The molecule has 3 aromatic rings. The number of hydrogen-bond donors (Lipinski definition) is 1. The van der Waals surface area contributed by atoms with Crippen LogP contribution >= 0.6 is 22.9 Å². The summed E-state index contributed by atoms with van der Waals surface area (Å²) in [5, 5.41) is 6.27. The second-order valence-electron chi connectivity index (χ2n) is 4.85. The zero-order valence-electron chi connectivity index (χ0n) is 11.9. The first-order chi connectivity index (χ1) is 10.6. The van der Waals surface area contributed by atoms with Gasteiger partial charge in [-0.2, -0.15) is 0 Å². The molecule has 4 nitrogen and oxygen atoms in total. The Hall–Kier alpha value is -2.11. The molecule has 0 aliphatic rings. The van der Waals surface area contributed by atoms with Crippen molar-refractivity contribution in [2.45, 2.75) is 13.3 Å². The second-order valence-corrected chi connectivity index (χ2v) is 6.09. The van der Waals surface area contributed by atoms with E-state index >= 15 is 0 Å². The number of thiazole rings is 1. The molecule has 1 aromatic carbocycles. The van der Waals surface area contributed by atoms with Crippen molar-refractivity contribution in [2.75, 3.05) is 5.32 Å². The molecule has 0 saturated heterocycles. The van der Waals surface area contributed by atoms with Gasteiger partial charge in [-0.3, -0.25) is 4.79 Å². The highest BCUT2D eigenvalue weighted by Gasteiger charge is 2.10. The lowest BCUT2D eigenvalue weighted by Crippen LogP contribution is -2.15. The summed E-state index contributed by atoms with van der Waals surface area (Å²) in [4.78, 5) is 16.6. The van der Waals surface area contributed by atoms with Crippen molar-refractivity contribution in [1.82, 2.24) is 9.55 Å². The fourth-order valence-electron chi connectivity index (χ4n) is 2.06. The highest BCUT2D eigenvalue weighted by atomic mass is 35.5. The molecule has 0 radical (unpaired) electrons. The van der Waals surface area contributed by atoms with E-state index in [0.29, 0.717) is 5.02 Å². The summed E-state index contributed by atoms with van der Waals surface area (Å²) in [6, 6.07) is 9.34. The number of benzene rings is 1. The van der Waals surface area contributed by atoms with Gasteiger partial charge in [0, 0.05) is 28.5 Å². The molecular formula is C16H14ClN3OS. The van der Waals surface area contributed by atoms with Gasteiger partial charge in [0.25, 0.3) is 0 Å². The van der Waals surface area contributed by atoms with Crippen LogP contribution in [0, 0.1) is 6.92 Å². The van der Waals surface area contributed by atoms with Crippen molar-refractivity contribution in [3.05, 3.63) is 64.4 Å². The maximum Gasteiger partial charge on any atom is 0.230 e. The van der Waals surface area contributed by atoms with E-state index in [1.807, 2.05) is 53.5 Å². The van der Waals surface area contributed by atoms with Gasteiger partial charge in [0.1, 0.15) is 0 Å². The molecule has 0 unspecified atom stereocenters. The quantitative estimate of drug-likeness (QED) is 0.783. The minimum atomic E-state index is -0.102. The van der Waals surface area contributed by atoms with E-state index in [4.69, 9.17) is 11.6 Å². The number of nitrogens with one attached hydrogen (secondary N) is 1. The van der Waals surface area contributed by atoms with Gasteiger partial charge in [-0.15, -0.1) is 11.3 Å². The molecular weight excluding hydrogens is 318 g/mol. The summed E-state index contributed by atoms with van der Waals surface area (Å²) in [7, 11) is 0. The van der Waals surface area contributed by atoms with E-state index in [9.17, 15) is 4.79 Å². The molecule has 0 spiro atoms. The number of hydrogen-bond acceptors (Lipinski definition) is 3. The SMILES string of the molecule is Cc1c(Cl)cccc1NC(=O)Cc1csc(-n2cccc2)n1. The van der Waals surface area contributed by atoms with Gasteiger partial charge >= 0.3 is 0 Å². The first-order valence-corrected chi connectivity index (χ1v) is 8.02. The van der Waals surface area contributed by atoms with E-state index < -0.39 is 0 Å². The lowest BCUT2D eigenvalue weighted by molar-refractivity contribution is -0.115. The topological polar surface area (TPSA) is 46.9 Å². The van der Waals surface area contributed by atoms with Crippen molar-refractivity contribution in [3.8, 4) is 5.13 Å². The zero-order chi connectivity index (χ0) is 15.5. The van der Waals surface area contributed by atoms with Gasteiger partial charge in [-0.1, -0.05) is 17.7 Å². The molecule has 0 aliphatic heterocycles. The van der Waals surface area contributed by atoms with Gasteiger partial charge in [0.05, 0.1) is 12.1 Å². The fourth-order valence-corrected chi connectivity index (χ4v) is 3.03. The summed E-state index contributed by atoms with van der Waals surface area (Å²) >= 11 is 7.57. The molecule has 2 heterocycles. The Labute approximate surface area is 137 Å². The fraction of sp³-hybridized carbons (Fsp3) is 0.125. The minimum Gasteiger partial charge on any atom is -0.325 e. The average molecular weight is 332 g/mol. The number of aromatic nitrogens is 2. The van der Waals surface area contributed by atoms with Gasteiger partial charge in [-0.25, -0.2) is 4.98 Å². The van der Waals surface area contributed by atoms with E-state index in [2.05, 4.69) is 10.3 Å². The summed E-state index contributed by atoms with van der Waals surface area (Å²) in [5.74, 6) is -0.102. The van der Waals surface area contributed by atoms with Gasteiger partial charge in [-0.05, 0) is 36.8 Å². The van der Waals surface area contributed by atoms with Crippen molar-refractivity contribution >= 4 is 34.5 Å². The molecule has 0 bridgehead atoms. The van der Waals surface area contributed by atoms with Gasteiger partial charge in [0.15, 0.2) is 5.13 Å². The van der Waals surface area contributed by atoms with Crippen LogP contribution in [-0.2, 0) is 11.2 Å². The average Bonchev–Trinajstić information content (AvgIpc) is 3.14. The van der Waals surface area contributed by atoms with Crippen LogP contribution in [0.5, 0.6) is 0 Å². The van der Waals surface area contributed by atoms with Crippen molar-refractivity contribution in [1.29, 1.82) is 0 Å². The molecule has 0 fully saturated rings. The molecule has 0 aliphatic carbocycles. The van der Waals surface area contributed by atoms with Crippen molar-refractivity contribution < 1.29 is 4.79 Å². The lowest BCUT2D eigenvalue weighted by Gasteiger charge is -2.08. The monoisotopic (exact) mass is 331 g/mol. The molecule has 3 rings (SSSR count). The number of rotatable bonds is 4. The Kier molecular flexibility index (Phi) is 4.27. The first-order valence-electron chi connectivity index (χ1n) is 6.76. The molecule has 2 aromatic heterocycles. The Balaban J connectivity index is 1.68. The largest absolute Gasteiger partial charge is 0.325 e. The summed E-state index contributed by atoms with van der Waals surface area (Å²) in [6.45, 7) is 1.88. The normalized spacial score (nSPS) is 10.6. The molecule has 22 heavy (non-hydrogen) atoms. The first kappa shape index (κ1) is 14.8. The van der Waals surface area contributed by atoms with Crippen LogP contribution in [0.15, 0.2) is 48.1 Å². The number of nitrogens with zero attached hydrogens (tertiary/aromatic N) is 2. The molecule has 0 saturated carbocycles. The van der Waals surface area contributed by atoms with Crippen LogP contribution in [-0.4, -0.2) is 15.5 Å². The number of anilines is 1. The predicted molar refractivity (Wildman–Crippen MR) is 90.0 cm³/mol. The van der Waals surface area contributed by atoms with E-state index in [-0.39, 0.29) is 12.3 Å². The van der Waals surface area contributed by atoms with Crippen LogP contribution < -0.4 is 5.32 Å². The predicted octanol–water partition coefficient (Wildman–Crippen LogP) is 4.08. The standard InChI is InChI=1S/C16H14ClN3OS/c1-11-13(17)5-4-6-14(11)19-15(21)9-12-10-22-16(18-12)20-7-2-3-8-20/h2-8,10H,9H2,1H3,(H,19,21). The van der Waals surface area contributed by atoms with E-state index in [0.717, 1.165) is 22.1 Å². The number of amides is 1. The van der Waals surface area contributed by atoms with E-state index in [1.54, 1.807) is 6.07 Å². The highest BCUT2D eigenvalue weighted by molar-refractivity contribution is 7.12. The molecule has 1 N–H and O–H groups in total. The Morgan fingerprint density at radius 1 is 1.32 bits per heavy atom. The third-order valence-corrected chi connectivity index (χ3v) is 4.56. The second kappa shape index (κ2) is 6.34.